The lowest BCUT2D eigenvalue weighted by Gasteiger charge is -2.02. The van der Waals surface area contributed by atoms with Crippen molar-refractivity contribution in [3.63, 3.8) is 0 Å². The van der Waals surface area contributed by atoms with Crippen LogP contribution in [0.3, 0.4) is 0 Å². The van der Waals surface area contributed by atoms with Crippen molar-refractivity contribution in [3.05, 3.63) is 45.7 Å². The molecule has 1 aromatic carbocycles. The standard InChI is InChI=1S/C13H13NO2/c1-8-5-11-7-10(6-9(2)15)3-4-12(11)14-13(8)16/h3-5,7H,6H2,1-2H3,(H,14,16). The second-order valence-electron chi connectivity index (χ2n) is 4.08. The number of aryl methyl sites for hydroxylation is 1. The average Bonchev–Trinajstić information content (AvgIpc) is 2.19. The summed E-state index contributed by atoms with van der Waals surface area (Å²) in [6.07, 6.45) is 0.439. The van der Waals surface area contributed by atoms with Crippen LogP contribution in [0.5, 0.6) is 0 Å². The highest BCUT2D eigenvalue weighted by molar-refractivity contribution is 5.83. The third kappa shape index (κ3) is 2.03. The Morgan fingerprint density at radius 3 is 2.75 bits per heavy atom. The third-order valence-corrected chi connectivity index (χ3v) is 2.55. The van der Waals surface area contributed by atoms with Crippen molar-refractivity contribution in [2.24, 2.45) is 0 Å². The molecule has 0 saturated heterocycles. The number of carbonyl (C=O) groups is 1. The molecule has 0 saturated carbocycles. The van der Waals surface area contributed by atoms with Gasteiger partial charge in [-0.3, -0.25) is 9.59 Å². The lowest BCUT2D eigenvalue weighted by atomic mass is 10.1. The maximum Gasteiger partial charge on any atom is 0.251 e. The molecule has 0 unspecified atom stereocenters. The number of hydrogen-bond acceptors (Lipinski definition) is 2. The Morgan fingerprint density at radius 1 is 1.31 bits per heavy atom. The van der Waals surface area contributed by atoms with Crippen molar-refractivity contribution in [1.82, 2.24) is 4.98 Å². The Hall–Kier alpha value is -1.90. The molecule has 3 nitrogen and oxygen atoms in total. The zero-order chi connectivity index (χ0) is 11.7. The van der Waals surface area contributed by atoms with Gasteiger partial charge >= 0.3 is 0 Å². The number of H-pyrrole nitrogens is 1. The van der Waals surface area contributed by atoms with Gasteiger partial charge in [0.05, 0.1) is 0 Å². The van der Waals surface area contributed by atoms with Gasteiger partial charge in [0.2, 0.25) is 0 Å². The van der Waals surface area contributed by atoms with Gasteiger partial charge in [-0.15, -0.1) is 0 Å². The van der Waals surface area contributed by atoms with Crippen LogP contribution in [0.2, 0.25) is 0 Å². The molecule has 0 aliphatic heterocycles. The summed E-state index contributed by atoms with van der Waals surface area (Å²) in [5.74, 6) is 0.139. The molecule has 0 aliphatic rings. The number of Topliss-reactive ketones (excluding diaryl/α,β-unsaturated/α-hetero) is 1. The summed E-state index contributed by atoms with van der Waals surface area (Å²) in [4.78, 5) is 25.2. The van der Waals surface area contributed by atoms with Gasteiger partial charge in [-0.2, -0.15) is 0 Å². The summed E-state index contributed by atoms with van der Waals surface area (Å²) in [6, 6.07) is 7.50. The van der Waals surface area contributed by atoms with Gasteiger partial charge in [-0.25, -0.2) is 0 Å². The van der Waals surface area contributed by atoms with Gasteiger partial charge in [0.25, 0.3) is 5.56 Å². The first-order chi connectivity index (χ1) is 7.56. The highest BCUT2D eigenvalue weighted by Gasteiger charge is 2.02. The zero-order valence-electron chi connectivity index (χ0n) is 9.33. The van der Waals surface area contributed by atoms with E-state index in [0.717, 1.165) is 16.5 Å². The second kappa shape index (κ2) is 3.93. The van der Waals surface area contributed by atoms with E-state index < -0.39 is 0 Å². The number of aromatic nitrogens is 1. The first-order valence-electron chi connectivity index (χ1n) is 5.18. The van der Waals surface area contributed by atoms with Gasteiger partial charge in [0, 0.05) is 17.5 Å². The molecule has 2 aromatic rings. The number of hydrogen-bond donors (Lipinski definition) is 1. The van der Waals surface area contributed by atoms with Crippen LogP contribution in [0, 0.1) is 6.92 Å². The van der Waals surface area contributed by atoms with E-state index in [2.05, 4.69) is 4.98 Å². The molecule has 1 N–H and O–H groups in total. The van der Waals surface area contributed by atoms with Crippen LogP contribution in [-0.4, -0.2) is 10.8 Å². The number of carbonyl (C=O) groups excluding carboxylic acids is 1. The smallest absolute Gasteiger partial charge is 0.251 e. The molecule has 0 spiro atoms. The van der Waals surface area contributed by atoms with Crippen LogP contribution in [-0.2, 0) is 11.2 Å². The van der Waals surface area contributed by atoms with Gasteiger partial charge < -0.3 is 4.98 Å². The van der Waals surface area contributed by atoms with E-state index in [9.17, 15) is 9.59 Å². The summed E-state index contributed by atoms with van der Waals surface area (Å²) in [5, 5.41) is 0.968. The van der Waals surface area contributed by atoms with Crippen LogP contribution < -0.4 is 5.56 Å². The SMILES string of the molecule is CC(=O)Cc1ccc2[nH]c(=O)c(C)cc2c1. The highest BCUT2D eigenvalue weighted by atomic mass is 16.1. The van der Waals surface area contributed by atoms with E-state index in [0.29, 0.717) is 12.0 Å². The number of aromatic amines is 1. The van der Waals surface area contributed by atoms with Crippen LogP contribution in [0.4, 0.5) is 0 Å². The van der Waals surface area contributed by atoms with E-state index in [1.807, 2.05) is 24.3 Å². The Bertz CT molecular complexity index is 611. The minimum atomic E-state index is -0.0631. The molecule has 3 heteroatoms. The van der Waals surface area contributed by atoms with Gasteiger partial charge in [0.15, 0.2) is 0 Å². The topological polar surface area (TPSA) is 49.9 Å². The number of benzene rings is 1. The molecule has 16 heavy (non-hydrogen) atoms. The molecule has 82 valence electrons. The summed E-state index contributed by atoms with van der Waals surface area (Å²) < 4.78 is 0. The fourth-order valence-electron chi connectivity index (χ4n) is 1.76. The fraction of sp³-hybridized carbons (Fsp3) is 0.231. The van der Waals surface area contributed by atoms with Gasteiger partial charge in [-0.05, 0) is 43.0 Å². The first kappa shape index (κ1) is 10.6. The molecular weight excluding hydrogens is 202 g/mol. The van der Waals surface area contributed by atoms with Crippen LogP contribution in [0.1, 0.15) is 18.1 Å². The number of fused-ring (bicyclic) bond motifs is 1. The van der Waals surface area contributed by atoms with E-state index in [1.165, 1.54) is 0 Å². The molecule has 0 amide bonds. The molecule has 0 aliphatic carbocycles. The Morgan fingerprint density at radius 2 is 2.06 bits per heavy atom. The van der Waals surface area contributed by atoms with Crippen LogP contribution in [0.25, 0.3) is 10.9 Å². The van der Waals surface area contributed by atoms with Crippen molar-refractivity contribution in [2.45, 2.75) is 20.3 Å². The molecule has 2 rings (SSSR count). The predicted molar refractivity (Wildman–Crippen MR) is 63.7 cm³/mol. The van der Waals surface area contributed by atoms with E-state index in [-0.39, 0.29) is 11.3 Å². The van der Waals surface area contributed by atoms with E-state index >= 15 is 0 Å². The Labute approximate surface area is 93.1 Å². The first-order valence-corrected chi connectivity index (χ1v) is 5.18. The van der Waals surface area contributed by atoms with Crippen molar-refractivity contribution < 1.29 is 4.79 Å². The minimum Gasteiger partial charge on any atom is -0.322 e. The van der Waals surface area contributed by atoms with Crippen LogP contribution >= 0.6 is 0 Å². The normalized spacial score (nSPS) is 10.6. The Balaban J connectivity index is 2.57. The highest BCUT2D eigenvalue weighted by Crippen LogP contribution is 2.14. The molecule has 1 aromatic heterocycles. The second-order valence-corrected chi connectivity index (χ2v) is 4.08. The fourth-order valence-corrected chi connectivity index (χ4v) is 1.76. The largest absolute Gasteiger partial charge is 0.322 e. The van der Waals surface area contributed by atoms with Crippen molar-refractivity contribution >= 4 is 16.7 Å². The maximum atomic E-state index is 11.4. The zero-order valence-corrected chi connectivity index (χ0v) is 9.33. The summed E-state index contributed by atoms with van der Waals surface area (Å²) in [5.41, 5.74) is 2.41. The lowest BCUT2D eigenvalue weighted by molar-refractivity contribution is -0.116. The van der Waals surface area contributed by atoms with Crippen molar-refractivity contribution in [2.75, 3.05) is 0 Å². The molecular formula is C13H13NO2. The van der Waals surface area contributed by atoms with Gasteiger partial charge in [0.1, 0.15) is 5.78 Å². The Kier molecular flexibility index (Phi) is 2.60. The minimum absolute atomic E-state index is 0.0631. The average molecular weight is 215 g/mol. The maximum absolute atomic E-state index is 11.4. The molecule has 1 heterocycles. The van der Waals surface area contributed by atoms with Crippen LogP contribution in [0.15, 0.2) is 29.1 Å². The molecule has 0 bridgehead atoms. The molecule has 0 fully saturated rings. The predicted octanol–water partition coefficient (Wildman–Crippen LogP) is 1.97. The lowest BCUT2D eigenvalue weighted by Crippen LogP contribution is -2.08. The summed E-state index contributed by atoms with van der Waals surface area (Å²) in [7, 11) is 0. The number of rotatable bonds is 2. The number of ketones is 1. The van der Waals surface area contributed by atoms with Gasteiger partial charge in [-0.1, -0.05) is 6.07 Å². The quantitative estimate of drug-likeness (QED) is 0.832. The summed E-state index contributed by atoms with van der Waals surface area (Å²) >= 11 is 0. The number of nitrogens with one attached hydrogen (secondary N) is 1. The summed E-state index contributed by atoms with van der Waals surface area (Å²) in [6.45, 7) is 3.35. The molecule has 0 radical (unpaired) electrons. The number of pyridine rings is 1. The monoisotopic (exact) mass is 215 g/mol. The van der Waals surface area contributed by atoms with Crippen molar-refractivity contribution in [1.29, 1.82) is 0 Å². The third-order valence-electron chi connectivity index (χ3n) is 2.55. The van der Waals surface area contributed by atoms with Crippen molar-refractivity contribution in [3.8, 4) is 0 Å². The molecule has 0 atom stereocenters. The van der Waals surface area contributed by atoms with E-state index in [4.69, 9.17) is 0 Å². The van der Waals surface area contributed by atoms with E-state index in [1.54, 1.807) is 13.8 Å².